The van der Waals surface area contributed by atoms with Crippen LogP contribution in [-0.4, -0.2) is 21.2 Å². The number of hydrogen-bond donors (Lipinski definition) is 1. The summed E-state index contributed by atoms with van der Waals surface area (Å²) in [4.78, 5) is 0. The van der Waals surface area contributed by atoms with Crippen LogP contribution in [0.2, 0.25) is 0 Å². The van der Waals surface area contributed by atoms with Gasteiger partial charge in [0.1, 0.15) is 11.6 Å². The first kappa shape index (κ1) is 12.5. The second-order valence-corrected chi connectivity index (χ2v) is 4.53. The Labute approximate surface area is 117 Å². The van der Waals surface area contributed by atoms with Crippen molar-refractivity contribution >= 4 is 11.3 Å². The van der Waals surface area contributed by atoms with E-state index in [4.69, 9.17) is 10.5 Å². The molecule has 0 saturated carbocycles. The number of fused-ring (bicyclic) bond motifs is 1. The zero-order valence-electron chi connectivity index (χ0n) is 11.3. The predicted molar refractivity (Wildman–Crippen MR) is 77.8 cm³/mol. The van der Waals surface area contributed by atoms with Gasteiger partial charge in [-0.05, 0) is 36.8 Å². The fraction of sp³-hybridized carbons (Fsp3) is 0.200. The summed E-state index contributed by atoms with van der Waals surface area (Å²) in [6.45, 7) is 2.65. The summed E-state index contributed by atoms with van der Waals surface area (Å²) in [5, 5.41) is 8.34. The van der Waals surface area contributed by atoms with Gasteiger partial charge in [0.05, 0.1) is 12.3 Å². The van der Waals surface area contributed by atoms with E-state index in [-0.39, 0.29) is 0 Å². The highest BCUT2D eigenvalue weighted by molar-refractivity contribution is 5.63. The van der Waals surface area contributed by atoms with Crippen molar-refractivity contribution in [3.63, 3.8) is 0 Å². The van der Waals surface area contributed by atoms with Gasteiger partial charge in [0.25, 0.3) is 0 Å². The molecule has 0 aliphatic carbocycles. The fourth-order valence-corrected chi connectivity index (χ4v) is 2.16. The molecule has 0 atom stereocenters. The number of anilines is 1. The normalized spacial score (nSPS) is 10.8. The molecule has 5 heteroatoms. The van der Waals surface area contributed by atoms with Crippen LogP contribution < -0.4 is 10.5 Å². The van der Waals surface area contributed by atoms with Crippen molar-refractivity contribution in [2.24, 2.45) is 0 Å². The maximum absolute atomic E-state index is 5.88. The van der Waals surface area contributed by atoms with E-state index >= 15 is 0 Å². The molecule has 0 fully saturated rings. The maximum Gasteiger partial charge on any atom is 0.183 e. The summed E-state index contributed by atoms with van der Waals surface area (Å²) < 4.78 is 7.35. The van der Waals surface area contributed by atoms with Crippen molar-refractivity contribution in [1.82, 2.24) is 14.6 Å². The smallest absolute Gasteiger partial charge is 0.183 e. The molecule has 0 aliphatic rings. The van der Waals surface area contributed by atoms with E-state index in [9.17, 15) is 0 Å². The van der Waals surface area contributed by atoms with Crippen LogP contribution in [0.3, 0.4) is 0 Å². The molecule has 0 bridgehead atoms. The number of benzene rings is 1. The van der Waals surface area contributed by atoms with Crippen LogP contribution in [0, 0.1) is 0 Å². The first-order chi connectivity index (χ1) is 9.78. The van der Waals surface area contributed by atoms with Crippen molar-refractivity contribution in [1.29, 1.82) is 0 Å². The minimum atomic E-state index is 0.637. The molecule has 2 aromatic heterocycles. The highest BCUT2D eigenvalue weighted by atomic mass is 16.5. The Kier molecular flexibility index (Phi) is 3.25. The van der Waals surface area contributed by atoms with E-state index in [1.807, 2.05) is 53.9 Å². The van der Waals surface area contributed by atoms with Gasteiger partial charge >= 0.3 is 0 Å². The number of nitrogens with two attached hydrogens (primary N) is 1. The van der Waals surface area contributed by atoms with E-state index in [1.54, 1.807) is 0 Å². The van der Waals surface area contributed by atoms with Crippen LogP contribution >= 0.6 is 0 Å². The van der Waals surface area contributed by atoms with Crippen molar-refractivity contribution < 1.29 is 4.74 Å². The van der Waals surface area contributed by atoms with Gasteiger partial charge in [-0.2, -0.15) is 0 Å². The third-order valence-corrected chi connectivity index (χ3v) is 3.13. The summed E-state index contributed by atoms with van der Waals surface area (Å²) in [6, 6.07) is 11.7. The molecule has 0 unspecified atom stereocenters. The zero-order valence-corrected chi connectivity index (χ0v) is 11.3. The van der Waals surface area contributed by atoms with Gasteiger partial charge in [-0.1, -0.05) is 12.1 Å². The van der Waals surface area contributed by atoms with Crippen molar-refractivity contribution in [3.8, 4) is 5.75 Å². The molecule has 0 aliphatic heterocycles. The highest BCUT2D eigenvalue weighted by Gasteiger charge is 2.08. The average Bonchev–Trinajstić information content (AvgIpc) is 2.86. The van der Waals surface area contributed by atoms with E-state index < -0.39 is 0 Å². The summed E-state index contributed by atoms with van der Waals surface area (Å²) in [5.41, 5.74) is 8.37. The van der Waals surface area contributed by atoms with Crippen molar-refractivity contribution in [2.45, 2.75) is 13.3 Å². The van der Waals surface area contributed by atoms with Crippen LogP contribution in [-0.2, 0) is 6.42 Å². The van der Waals surface area contributed by atoms with Gasteiger partial charge in [-0.25, -0.2) is 0 Å². The van der Waals surface area contributed by atoms with Gasteiger partial charge < -0.3 is 10.5 Å². The highest BCUT2D eigenvalue weighted by Crippen LogP contribution is 2.17. The molecular weight excluding hydrogens is 252 g/mol. The quantitative estimate of drug-likeness (QED) is 0.788. The molecule has 2 N–H and O–H groups in total. The van der Waals surface area contributed by atoms with E-state index in [0.717, 1.165) is 17.1 Å². The van der Waals surface area contributed by atoms with Crippen LogP contribution in [0.4, 0.5) is 5.69 Å². The van der Waals surface area contributed by atoms with Crippen LogP contribution in [0.15, 0.2) is 42.6 Å². The monoisotopic (exact) mass is 268 g/mol. The van der Waals surface area contributed by atoms with Crippen molar-refractivity contribution in [3.05, 3.63) is 54.0 Å². The molecule has 3 aromatic rings. The largest absolute Gasteiger partial charge is 0.494 e. The third-order valence-electron chi connectivity index (χ3n) is 3.13. The second kappa shape index (κ2) is 5.21. The summed E-state index contributed by atoms with van der Waals surface area (Å²) in [5.74, 6) is 1.75. The second-order valence-electron chi connectivity index (χ2n) is 4.53. The maximum atomic E-state index is 5.88. The Morgan fingerprint density at radius 2 is 1.95 bits per heavy atom. The molecule has 1 aromatic carbocycles. The van der Waals surface area contributed by atoms with E-state index in [1.165, 1.54) is 0 Å². The topological polar surface area (TPSA) is 65.4 Å². The fourth-order valence-electron chi connectivity index (χ4n) is 2.16. The van der Waals surface area contributed by atoms with Crippen LogP contribution in [0.1, 0.15) is 18.3 Å². The molecule has 2 heterocycles. The molecule has 5 nitrogen and oxygen atoms in total. The van der Waals surface area contributed by atoms with E-state index in [2.05, 4.69) is 10.2 Å². The minimum absolute atomic E-state index is 0.637. The lowest BCUT2D eigenvalue weighted by molar-refractivity contribution is 0.340. The number of hydrogen-bond acceptors (Lipinski definition) is 4. The minimum Gasteiger partial charge on any atom is -0.494 e. The van der Waals surface area contributed by atoms with Crippen LogP contribution in [0.5, 0.6) is 5.75 Å². The van der Waals surface area contributed by atoms with Gasteiger partial charge in [-0.15, -0.1) is 10.2 Å². The van der Waals surface area contributed by atoms with Gasteiger partial charge in [-0.3, -0.25) is 4.40 Å². The first-order valence-corrected chi connectivity index (χ1v) is 6.58. The van der Waals surface area contributed by atoms with Gasteiger partial charge in [0.2, 0.25) is 0 Å². The Morgan fingerprint density at radius 3 is 2.70 bits per heavy atom. The first-order valence-electron chi connectivity index (χ1n) is 6.58. The number of nitrogens with zero attached hydrogens (tertiary/aromatic N) is 3. The summed E-state index contributed by atoms with van der Waals surface area (Å²) in [6.07, 6.45) is 2.63. The number of nitrogen functional groups attached to an aromatic ring is 1. The zero-order chi connectivity index (χ0) is 13.9. The molecule has 3 rings (SSSR count). The Bertz CT molecular complexity index is 718. The Balaban J connectivity index is 1.87. The van der Waals surface area contributed by atoms with Gasteiger partial charge in [0.15, 0.2) is 5.65 Å². The lowest BCUT2D eigenvalue weighted by Crippen LogP contribution is -1.98. The van der Waals surface area contributed by atoms with Gasteiger partial charge in [0, 0.05) is 12.6 Å². The molecule has 20 heavy (non-hydrogen) atoms. The average molecular weight is 268 g/mol. The molecule has 0 radical (unpaired) electrons. The molecule has 102 valence electrons. The Hall–Kier alpha value is -2.56. The van der Waals surface area contributed by atoms with Crippen molar-refractivity contribution in [2.75, 3.05) is 12.3 Å². The third kappa shape index (κ3) is 2.30. The predicted octanol–water partition coefficient (Wildman–Crippen LogP) is 2.30. The number of pyridine rings is 1. The molecule has 0 amide bonds. The molecule has 0 saturated heterocycles. The SMILES string of the molecule is CCOc1ccc(Cc2nnc3c(N)cccn23)cc1. The number of ether oxygens (including phenoxy) is 1. The lowest BCUT2D eigenvalue weighted by atomic mass is 10.1. The number of rotatable bonds is 4. The summed E-state index contributed by atoms with van der Waals surface area (Å²) in [7, 11) is 0. The molecular formula is C15H16N4O. The number of aromatic nitrogens is 3. The molecule has 0 spiro atoms. The lowest BCUT2D eigenvalue weighted by Gasteiger charge is -2.04. The standard InChI is InChI=1S/C15H16N4O/c1-2-20-12-7-5-11(6-8-12)10-14-17-18-15-13(16)4-3-9-19(14)15/h3-9H,2,10,16H2,1H3. The summed E-state index contributed by atoms with van der Waals surface area (Å²) >= 11 is 0. The van der Waals surface area contributed by atoms with Crippen LogP contribution in [0.25, 0.3) is 5.65 Å². The Morgan fingerprint density at radius 1 is 1.15 bits per heavy atom. The van der Waals surface area contributed by atoms with E-state index in [0.29, 0.717) is 24.4 Å².